The minimum atomic E-state index is -2.99. The summed E-state index contributed by atoms with van der Waals surface area (Å²) in [4.78, 5) is 11.4. The van der Waals surface area contributed by atoms with Gasteiger partial charge < -0.3 is 4.74 Å². The van der Waals surface area contributed by atoms with Gasteiger partial charge in [0.1, 0.15) is 5.82 Å². The van der Waals surface area contributed by atoms with Gasteiger partial charge in [-0.2, -0.15) is 5.10 Å². The third kappa shape index (κ3) is 3.25. The monoisotopic (exact) mass is 287 g/mol. The van der Waals surface area contributed by atoms with E-state index in [1.807, 2.05) is 0 Å². The predicted octanol–water partition coefficient (Wildman–Crippen LogP) is 1.12. The Kier molecular flexibility index (Phi) is 3.79. The number of aryl methyl sites for hydroxylation is 1. The molecule has 8 heteroatoms. The van der Waals surface area contributed by atoms with Crippen LogP contribution < -0.4 is 5.32 Å². The zero-order valence-electron chi connectivity index (χ0n) is 10.9. The van der Waals surface area contributed by atoms with Crippen LogP contribution in [0.25, 0.3) is 0 Å². The summed E-state index contributed by atoms with van der Waals surface area (Å²) in [5.41, 5.74) is 0.719. The molecule has 106 valence electrons. The van der Waals surface area contributed by atoms with Crippen LogP contribution in [-0.4, -0.2) is 42.4 Å². The number of rotatable bonds is 3. The van der Waals surface area contributed by atoms with E-state index < -0.39 is 15.9 Å². The van der Waals surface area contributed by atoms with Crippen molar-refractivity contribution in [2.75, 3.05) is 23.4 Å². The van der Waals surface area contributed by atoms with Crippen LogP contribution in [0, 0.1) is 6.92 Å². The van der Waals surface area contributed by atoms with Crippen molar-refractivity contribution in [3.63, 3.8) is 0 Å². The molecule has 1 N–H and O–H groups in total. The summed E-state index contributed by atoms with van der Waals surface area (Å²) in [5.74, 6) is 0.694. The standard InChI is InChI=1S/C11H17N3O4S/c1-3-18-11(15)12-10-6-8(2)13-14(10)9-4-5-19(16,17)7-9/h6,9H,3-5,7H2,1-2H3,(H,12,15)/t9-/m1/s1. The quantitative estimate of drug-likeness (QED) is 0.899. The Hall–Kier alpha value is -1.57. The zero-order valence-corrected chi connectivity index (χ0v) is 11.7. The van der Waals surface area contributed by atoms with Gasteiger partial charge in [0.2, 0.25) is 0 Å². The van der Waals surface area contributed by atoms with Gasteiger partial charge >= 0.3 is 6.09 Å². The van der Waals surface area contributed by atoms with E-state index in [9.17, 15) is 13.2 Å². The van der Waals surface area contributed by atoms with E-state index in [-0.39, 0.29) is 24.2 Å². The molecule has 1 saturated heterocycles. The molecule has 0 aromatic carbocycles. The maximum absolute atomic E-state index is 11.5. The summed E-state index contributed by atoms with van der Waals surface area (Å²) < 4.78 is 29.4. The third-order valence-corrected chi connectivity index (χ3v) is 4.67. The molecule has 2 heterocycles. The highest BCUT2D eigenvalue weighted by molar-refractivity contribution is 7.91. The second kappa shape index (κ2) is 5.20. The first-order chi connectivity index (χ1) is 8.91. The Morgan fingerprint density at radius 1 is 1.63 bits per heavy atom. The number of nitrogens with zero attached hydrogens (tertiary/aromatic N) is 2. The molecule has 0 unspecified atom stereocenters. The fourth-order valence-electron chi connectivity index (χ4n) is 2.13. The van der Waals surface area contributed by atoms with Crippen LogP contribution >= 0.6 is 0 Å². The van der Waals surface area contributed by atoms with Crippen LogP contribution in [0.4, 0.5) is 10.6 Å². The first-order valence-electron chi connectivity index (χ1n) is 6.11. The maximum Gasteiger partial charge on any atom is 0.412 e. The predicted molar refractivity (Wildman–Crippen MR) is 69.9 cm³/mol. The molecule has 0 saturated carbocycles. The van der Waals surface area contributed by atoms with Crippen molar-refractivity contribution >= 4 is 21.7 Å². The number of nitrogens with one attached hydrogen (secondary N) is 1. The Morgan fingerprint density at radius 2 is 2.37 bits per heavy atom. The van der Waals surface area contributed by atoms with Gasteiger partial charge in [-0.15, -0.1) is 0 Å². The third-order valence-electron chi connectivity index (χ3n) is 2.92. The minimum Gasteiger partial charge on any atom is -0.450 e. The molecule has 1 aromatic heterocycles. The van der Waals surface area contributed by atoms with E-state index in [0.29, 0.717) is 12.2 Å². The van der Waals surface area contributed by atoms with Crippen molar-refractivity contribution in [2.45, 2.75) is 26.3 Å². The van der Waals surface area contributed by atoms with Crippen molar-refractivity contribution in [1.82, 2.24) is 9.78 Å². The second-order valence-electron chi connectivity index (χ2n) is 4.52. The molecule has 0 aliphatic carbocycles. The van der Waals surface area contributed by atoms with Gasteiger partial charge in [-0.25, -0.2) is 17.9 Å². The van der Waals surface area contributed by atoms with E-state index >= 15 is 0 Å². The maximum atomic E-state index is 11.5. The van der Waals surface area contributed by atoms with E-state index in [0.717, 1.165) is 5.69 Å². The molecule has 0 bridgehead atoms. The highest BCUT2D eigenvalue weighted by atomic mass is 32.2. The summed E-state index contributed by atoms with van der Waals surface area (Å²) in [6.07, 6.45) is -0.0504. The smallest absolute Gasteiger partial charge is 0.412 e. The molecule has 1 aromatic rings. The van der Waals surface area contributed by atoms with E-state index in [1.165, 1.54) is 0 Å². The molecule has 0 radical (unpaired) electrons. The lowest BCUT2D eigenvalue weighted by molar-refractivity contribution is 0.167. The molecule has 1 aliphatic rings. The molecule has 19 heavy (non-hydrogen) atoms. The molecule has 0 spiro atoms. The first kappa shape index (κ1) is 13.9. The number of carbonyl (C=O) groups excluding carboxylic acids is 1. The van der Waals surface area contributed by atoms with Crippen molar-refractivity contribution in [3.8, 4) is 0 Å². The lowest BCUT2D eigenvalue weighted by Gasteiger charge is -2.13. The summed E-state index contributed by atoms with van der Waals surface area (Å²) in [6.45, 7) is 3.78. The zero-order chi connectivity index (χ0) is 14.0. The molecule has 1 amide bonds. The summed E-state index contributed by atoms with van der Waals surface area (Å²) in [6, 6.07) is 1.47. The largest absolute Gasteiger partial charge is 0.450 e. The molecule has 7 nitrogen and oxygen atoms in total. The Labute approximate surface area is 111 Å². The molecular formula is C11H17N3O4S. The number of hydrogen-bond donors (Lipinski definition) is 1. The number of ether oxygens (including phenoxy) is 1. The van der Waals surface area contributed by atoms with Crippen LogP contribution in [0.5, 0.6) is 0 Å². The van der Waals surface area contributed by atoms with Crippen molar-refractivity contribution in [2.24, 2.45) is 0 Å². The van der Waals surface area contributed by atoms with Gasteiger partial charge in [0.15, 0.2) is 9.84 Å². The van der Waals surface area contributed by atoms with Gasteiger partial charge in [-0.1, -0.05) is 0 Å². The van der Waals surface area contributed by atoms with Gasteiger partial charge in [0.25, 0.3) is 0 Å². The lowest BCUT2D eigenvalue weighted by Crippen LogP contribution is -2.20. The normalized spacial score (nSPS) is 21.3. The fourth-order valence-corrected chi connectivity index (χ4v) is 3.82. The number of anilines is 1. The Balaban J connectivity index is 2.19. The van der Waals surface area contributed by atoms with Crippen LogP contribution in [0.1, 0.15) is 25.1 Å². The second-order valence-corrected chi connectivity index (χ2v) is 6.75. The van der Waals surface area contributed by atoms with Crippen molar-refractivity contribution < 1.29 is 17.9 Å². The topological polar surface area (TPSA) is 90.3 Å². The number of sulfone groups is 1. The van der Waals surface area contributed by atoms with Gasteiger partial charge in [0.05, 0.1) is 29.8 Å². The number of aromatic nitrogens is 2. The molecule has 1 aliphatic heterocycles. The van der Waals surface area contributed by atoms with Crippen molar-refractivity contribution in [1.29, 1.82) is 0 Å². The van der Waals surface area contributed by atoms with Crippen LogP contribution in [0.2, 0.25) is 0 Å². The number of amides is 1. The Morgan fingerprint density at radius 3 is 2.95 bits per heavy atom. The van der Waals surface area contributed by atoms with Crippen LogP contribution in [0.15, 0.2) is 6.07 Å². The summed E-state index contributed by atoms with van der Waals surface area (Å²) in [5, 5.41) is 6.83. The molecule has 1 fully saturated rings. The molecular weight excluding hydrogens is 270 g/mol. The fraction of sp³-hybridized carbons (Fsp3) is 0.636. The number of hydrogen-bond acceptors (Lipinski definition) is 5. The average molecular weight is 287 g/mol. The average Bonchev–Trinajstić information content (AvgIpc) is 2.82. The molecule has 1 atom stereocenters. The van der Waals surface area contributed by atoms with Gasteiger partial charge in [-0.05, 0) is 20.3 Å². The van der Waals surface area contributed by atoms with Gasteiger partial charge in [0, 0.05) is 6.07 Å². The summed E-state index contributed by atoms with van der Waals surface area (Å²) in [7, 11) is -2.99. The summed E-state index contributed by atoms with van der Waals surface area (Å²) >= 11 is 0. The minimum absolute atomic E-state index is 0.0611. The highest BCUT2D eigenvalue weighted by Crippen LogP contribution is 2.27. The van der Waals surface area contributed by atoms with E-state index in [1.54, 1.807) is 24.6 Å². The van der Waals surface area contributed by atoms with Crippen molar-refractivity contribution in [3.05, 3.63) is 11.8 Å². The van der Waals surface area contributed by atoms with Crippen LogP contribution in [0.3, 0.4) is 0 Å². The Bertz CT molecular complexity index is 579. The number of carbonyl (C=O) groups is 1. The van der Waals surface area contributed by atoms with Gasteiger partial charge in [-0.3, -0.25) is 5.32 Å². The highest BCUT2D eigenvalue weighted by Gasteiger charge is 2.31. The SMILES string of the molecule is CCOC(=O)Nc1cc(C)nn1[C@@H]1CCS(=O)(=O)C1. The van der Waals surface area contributed by atoms with E-state index in [4.69, 9.17) is 4.74 Å². The first-order valence-corrected chi connectivity index (χ1v) is 7.94. The van der Waals surface area contributed by atoms with E-state index in [2.05, 4.69) is 10.4 Å². The molecule has 2 rings (SSSR count). The lowest BCUT2D eigenvalue weighted by atomic mass is 10.3. The van der Waals surface area contributed by atoms with Crippen LogP contribution in [-0.2, 0) is 14.6 Å².